The molecule has 156 valence electrons. The largest absolute Gasteiger partial charge is 0.365 e. The monoisotopic (exact) mass is 418 g/mol. The third kappa shape index (κ3) is 3.80. The van der Waals surface area contributed by atoms with E-state index in [1.165, 1.54) is 0 Å². The molecule has 2 atom stereocenters. The second-order valence-electron chi connectivity index (χ2n) is 8.47. The zero-order valence-electron chi connectivity index (χ0n) is 16.8. The SMILES string of the molecule is Cc1cc(N2CCN(C(=O)CC[C@@]3(C4CC4)NC(=O)NC3=O)C[C@@H]2C)ccc1Cl. The number of anilines is 1. The molecule has 2 saturated heterocycles. The van der Waals surface area contributed by atoms with Crippen molar-refractivity contribution in [3.05, 3.63) is 28.8 Å². The average molecular weight is 419 g/mol. The van der Waals surface area contributed by atoms with Crippen LogP contribution in [0.2, 0.25) is 5.02 Å². The summed E-state index contributed by atoms with van der Waals surface area (Å²) in [5.41, 5.74) is 1.25. The molecular formula is C21H27ClN4O3. The third-order valence-electron chi connectivity index (χ3n) is 6.43. The highest BCUT2D eigenvalue weighted by Gasteiger charge is 2.55. The molecule has 29 heavy (non-hydrogen) atoms. The molecule has 3 fully saturated rings. The molecule has 2 N–H and O–H groups in total. The first-order chi connectivity index (χ1) is 13.8. The number of rotatable bonds is 5. The van der Waals surface area contributed by atoms with Crippen LogP contribution in [0.25, 0.3) is 0 Å². The van der Waals surface area contributed by atoms with Crippen molar-refractivity contribution in [2.45, 2.75) is 51.1 Å². The summed E-state index contributed by atoms with van der Waals surface area (Å²) < 4.78 is 0. The fraction of sp³-hybridized carbons (Fsp3) is 0.571. The first kappa shape index (κ1) is 20.0. The van der Waals surface area contributed by atoms with Crippen molar-refractivity contribution in [3.63, 3.8) is 0 Å². The summed E-state index contributed by atoms with van der Waals surface area (Å²) in [6.45, 7) is 6.12. The van der Waals surface area contributed by atoms with Gasteiger partial charge in [-0.25, -0.2) is 4.79 Å². The van der Waals surface area contributed by atoms with Gasteiger partial charge in [-0.1, -0.05) is 11.6 Å². The predicted octanol–water partition coefficient (Wildman–Crippen LogP) is 2.45. The van der Waals surface area contributed by atoms with Gasteiger partial charge in [0.05, 0.1) is 0 Å². The molecule has 8 heteroatoms. The minimum absolute atomic E-state index is 0.0396. The Hall–Kier alpha value is -2.28. The summed E-state index contributed by atoms with van der Waals surface area (Å²) in [6, 6.07) is 5.74. The number of carbonyl (C=O) groups excluding carboxylic acids is 3. The lowest BCUT2D eigenvalue weighted by Gasteiger charge is -2.41. The van der Waals surface area contributed by atoms with Gasteiger partial charge in [-0.2, -0.15) is 0 Å². The fourth-order valence-electron chi connectivity index (χ4n) is 4.59. The Morgan fingerprint density at radius 3 is 2.62 bits per heavy atom. The number of carbonyl (C=O) groups is 3. The van der Waals surface area contributed by atoms with Crippen LogP contribution in [-0.2, 0) is 9.59 Å². The van der Waals surface area contributed by atoms with Crippen molar-refractivity contribution >= 4 is 35.1 Å². The second-order valence-corrected chi connectivity index (χ2v) is 8.88. The van der Waals surface area contributed by atoms with Crippen molar-refractivity contribution in [2.75, 3.05) is 24.5 Å². The molecule has 1 aromatic rings. The number of urea groups is 1. The molecule has 1 aromatic carbocycles. The fourth-order valence-corrected chi connectivity index (χ4v) is 4.70. The molecule has 0 spiro atoms. The molecule has 4 rings (SSSR count). The summed E-state index contributed by atoms with van der Waals surface area (Å²) >= 11 is 6.14. The van der Waals surface area contributed by atoms with Gasteiger partial charge in [0, 0.05) is 42.8 Å². The maximum absolute atomic E-state index is 12.9. The molecule has 2 heterocycles. The molecule has 1 saturated carbocycles. The maximum Gasteiger partial charge on any atom is 0.322 e. The predicted molar refractivity (Wildman–Crippen MR) is 111 cm³/mol. The summed E-state index contributed by atoms with van der Waals surface area (Å²) in [7, 11) is 0. The Bertz CT molecular complexity index is 856. The molecule has 1 aliphatic carbocycles. The molecule has 4 amide bonds. The first-order valence-corrected chi connectivity index (χ1v) is 10.6. The third-order valence-corrected chi connectivity index (χ3v) is 6.85. The molecule has 0 aromatic heterocycles. The Labute approximate surface area is 175 Å². The van der Waals surface area contributed by atoms with Gasteiger partial charge >= 0.3 is 6.03 Å². The first-order valence-electron chi connectivity index (χ1n) is 10.2. The van der Waals surface area contributed by atoms with Crippen molar-refractivity contribution in [3.8, 4) is 0 Å². The lowest BCUT2D eigenvalue weighted by molar-refractivity contribution is -0.133. The minimum Gasteiger partial charge on any atom is -0.365 e. The number of nitrogens with zero attached hydrogens (tertiary/aromatic N) is 2. The second kappa shape index (κ2) is 7.52. The summed E-state index contributed by atoms with van der Waals surface area (Å²) in [5, 5.41) is 5.89. The topological polar surface area (TPSA) is 81.8 Å². The van der Waals surface area contributed by atoms with E-state index in [-0.39, 0.29) is 30.2 Å². The normalized spacial score (nSPS) is 27.1. The number of halogens is 1. The summed E-state index contributed by atoms with van der Waals surface area (Å²) in [5.74, 6) is -0.0995. The van der Waals surface area contributed by atoms with E-state index in [9.17, 15) is 14.4 Å². The number of hydrogen-bond donors (Lipinski definition) is 2. The van der Waals surface area contributed by atoms with Gasteiger partial charge in [0.25, 0.3) is 5.91 Å². The number of imide groups is 1. The van der Waals surface area contributed by atoms with Crippen LogP contribution < -0.4 is 15.5 Å². The van der Waals surface area contributed by atoms with Crippen molar-refractivity contribution in [1.29, 1.82) is 0 Å². The number of hydrogen-bond acceptors (Lipinski definition) is 4. The number of piperazine rings is 1. The number of benzene rings is 1. The van der Waals surface area contributed by atoms with E-state index in [0.29, 0.717) is 19.5 Å². The molecule has 0 unspecified atom stereocenters. The molecular weight excluding hydrogens is 392 g/mol. The van der Waals surface area contributed by atoms with Crippen molar-refractivity contribution < 1.29 is 14.4 Å². The molecule has 3 aliphatic rings. The van der Waals surface area contributed by atoms with Crippen LogP contribution in [-0.4, -0.2) is 54.0 Å². The van der Waals surface area contributed by atoms with Gasteiger partial charge in [-0.05, 0) is 62.8 Å². The highest BCUT2D eigenvalue weighted by atomic mass is 35.5. The highest BCUT2D eigenvalue weighted by Crippen LogP contribution is 2.43. The van der Waals surface area contributed by atoms with E-state index in [4.69, 9.17) is 11.6 Å². The summed E-state index contributed by atoms with van der Waals surface area (Å²) in [6.07, 6.45) is 2.45. The van der Waals surface area contributed by atoms with Crippen LogP contribution >= 0.6 is 11.6 Å². The lowest BCUT2D eigenvalue weighted by Crippen LogP contribution is -2.54. The van der Waals surface area contributed by atoms with Crippen LogP contribution in [0.3, 0.4) is 0 Å². The Morgan fingerprint density at radius 1 is 1.28 bits per heavy atom. The smallest absolute Gasteiger partial charge is 0.322 e. The number of aryl methyl sites for hydroxylation is 1. The van der Waals surface area contributed by atoms with Crippen LogP contribution in [0.15, 0.2) is 18.2 Å². The zero-order chi connectivity index (χ0) is 20.8. The van der Waals surface area contributed by atoms with Crippen molar-refractivity contribution in [2.24, 2.45) is 5.92 Å². The number of amides is 4. The van der Waals surface area contributed by atoms with Gasteiger partial charge < -0.3 is 15.1 Å². The molecule has 0 radical (unpaired) electrons. The van der Waals surface area contributed by atoms with E-state index in [1.807, 2.05) is 24.0 Å². The number of nitrogens with one attached hydrogen (secondary N) is 2. The van der Waals surface area contributed by atoms with Crippen LogP contribution in [0.1, 0.15) is 38.2 Å². The van der Waals surface area contributed by atoms with Crippen LogP contribution in [0, 0.1) is 12.8 Å². The van der Waals surface area contributed by atoms with Gasteiger partial charge in [0.2, 0.25) is 5.91 Å². The summed E-state index contributed by atoms with van der Waals surface area (Å²) in [4.78, 5) is 41.0. The quantitative estimate of drug-likeness (QED) is 0.719. The molecule has 2 aliphatic heterocycles. The van der Waals surface area contributed by atoms with E-state index in [2.05, 4.69) is 28.5 Å². The van der Waals surface area contributed by atoms with Crippen molar-refractivity contribution in [1.82, 2.24) is 15.5 Å². The molecule has 0 bridgehead atoms. The van der Waals surface area contributed by atoms with Gasteiger partial charge in [-0.3, -0.25) is 14.9 Å². The maximum atomic E-state index is 12.9. The van der Waals surface area contributed by atoms with E-state index < -0.39 is 11.6 Å². The van der Waals surface area contributed by atoms with Crippen LogP contribution in [0.5, 0.6) is 0 Å². The van der Waals surface area contributed by atoms with Gasteiger partial charge in [0.15, 0.2) is 0 Å². The lowest BCUT2D eigenvalue weighted by atomic mass is 9.87. The Morgan fingerprint density at radius 2 is 2.03 bits per heavy atom. The Balaban J connectivity index is 1.36. The van der Waals surface area contributed by atoms with Gasteiger partial charge in [-0.15, -0.1) is 0 Å². The molecule has 7 nitrogen and oxygen atoms in total. The van der Waals surface area contributed by atoms with E-state index in [1.54, 1.807) is 0 Å². The standard InChI is InChI=1S/C21H27ClN4O3/c1-13-11-16(5-6-17(13)22)26-10-9-25(12-14(26)2)18(27)7-8-21(15-3-4-15)19(28)23-20(29)24-21/h5-6,11,14-15H,3-4,7-10,12H2,1-2H3,(H2,23,24,28,29)/t14-,21-/m0/s1. The highest BCUT2D eigenvalue weighted by molar-refractivity contribution is 6.31. The van der Waals surface area contributed by atoms with Crippen LogP contribution in [0.4, 0.5) is 10.5 Å². The van der Waals surface area contributed by atoms with E-state index >= 15 is 0 Å². The Kier molecular flexibility index (Phi) is 5.19. The minimum atomic E-state index is -0.902. The van der Waals surface area contributed by atoms with Gasteiger partial charge in [0.1, 0.15) is 5.54 Å². The zero-order valence-corrected chi connectivity index (χ0v) is 17.6. The average Bonchev–Trinajstić information content (AvgIpc) is 3.48. The van der Waals surface area contributed by atoms with E-state index in [0.717, 1.165) is 35.7 Å².